The topological polar surface area (TPSA) is 68.2 Å². The number of hydrogen-bond acceptors (Lipinski definition) is 5. The summed E-state index contributed by atoms with van der Waals surface area (Å²) < 4.78 is 15.2. The van der Waals surface area contributed by atoms with E-state index in [9.17, 15) is 0 Å². The van der Waals surface area contributed by atoms with Gasteiger partial charge < -0.3 is 24.4 Å². The first-order chi connectivity index (χ1) is 6.77. The van der Waals surface area contributed by atoms with E-state index in [1.807, 2.05) is 0 Å². The quantitative estimate of drug-likeness (QED) is 0.470. The van der Waals surface area contributed by atoms with Crippen molar-refractivity contribution in [2.45, 2.75) is 13.0 Å². The molecule has 0 aromatic rings. The highest BCUT2D eigenvalue weighted by Crippen LogP contribution is 1.84. The zero-order chi connectivity index (χ0) is 10.6. The van der Waals surface area contributed by atoms with E-state index in [1.54, 1.807) is 6.92 Å². The van der Waals surface area contributed by atoms with Crippen LogP contribution in [0.15, 0.2) is 0 Å². The molecule has 1 unspecified atom stereocenters. The Morgan fingerprint density at radius 3 is 1.93 bits per heavy atom. The summed E-state index contributed by atoms with van der Waals surface area (Å²) in [6.45, 7) is 4.35. The fourth-order valence-corrected chi connectivity index (χ4v) is 0.758. The zero-order valence-electron chi connectivity index (χ0n) is 8.65. The van der Waals surface area contributed by atoms with Crippen molar-refractivity contribution >= 4 is 0 Å². The minimum Gasteiger partial charge on any atom is -0.394 e. The number of aliphatic hydroxyl groups is 2. The predicted octanol–water partition coefficient (Wildman–Crippen LogP) is -0.591. The van der Waals surface area contributed by atoms with Crippen LogP contribution in [0.4, 0.5) is 0 Å². The van der Waals surface area contributed by atoms with Crippen molar-refractivity contribution in [2.75, 3.05) is 46.2 Å². The van der Waals surface area contributed by atoms with Gasteiger partial charge in [-0.2, -0.15) is 0 Å². The van der Waals surface area contributed by atoms with Crippen LogP contribution in [0.3, 0.4) is 0 Å². The van der Waals surface area contributed by atoms with Gasteiger partial charge in [-0.3, -0.25) is 0 Å². The Morgan fingerprint density at radius 2 is 1.43 bits per heavy atom. The molecule has 0 heterocycles. The van der Waals surface area contributed by atoms with Gasteiger partial charge >= 0.3 is 0 Å². The Bertz CT molecular complexity index is 107. The van der Waals surface area contributed by atoms with Crippen LogP contribution in [0.25, 0.3) is 0 Å². The molecule has 5 nitrogen and oxygen atoms in total. The summed E-state index contributed by atoms with van der Waals surface area (Å²) in [5.74, 6) is 0. The maximum absolute atomic E-state index is 8.84. The van der Waals surface area contributed by atoms with E-state index in [1.165, 1.54) is 0 Å². The SMILES string of the molecule is CC(O)COCCOCCOCCO. The second-order valence-corrected chi connectivity index (χ2v) is 2.87. The van der Waals surface area contributed by atoms with Crippen LogP contribution >= 0.6 is 0 Å². The largest absolute Gasteiger partial charge is 0.394 e. The second kappa shape index (κ2) is 10.9. The predicted molar refractivity (Wildman–Crippen MR) is 51.2 cm³/mol. The molecule has 0 fully saturated rings. The summed E-state index contributed by atoms with van der Waals surface area (Å²) in [6, 6.07) is 0. The van der Waals surface area contributed by atoms with Crippen LogP contribution in [0.5, 0.6) is 0 Å². The summed E-state index contributed by atoms with van der Waals surface area (Å²) in [7, 11) is 0. The highest BCUT2D eigenvalue weighted by Gasteiger charge is 1.94. The molecule has 0 saturated carbocycles. The monoisotopic (exact) mass is 208 g/mol. The molecule has 5 heteroatoms. The first kappa shape index (κ1) is 13.8. The average molecular weight is 208 g/mol. The summed E-state index contributed by atoms with van der Waals surface area (Å²) in [5.41, 5.74) is 0. The average Bonchev–Trinajstić information content (AvgIpc) is 2.15. The van der Waals surface area contributed by atoms with E-state index in [2.05, 4.69) is 0 Å². The molecule has 14 heavy (non-hydrogen) atoms. The van der Waals surface area contributed by atoms with E-state index in [0.29, 0.717) is 39.6 Å². The molecule has 0 aliphatic heterocycles. The minimum absolute atomic E-state index is 0.0392. The van der Waals surface area contributed by atoms with Gasteiger partial charge in [0.05, 0.1) is 52.4 Å². The molecule has 0 saturated heterocycles. The molecule has 86 valence electrons. The fraction of sp³-hybridized carbons (Fsp3) is 1.00. The summed E-state index contributed by atoms with van der Waals surface area (Å²) in [6.07, 6.45) is -0.428. The lowest BCUT2D eigenvalue weighted by atomic mass is 10.4. The summed E-state index contributed by atoms with van der Waals surface area (Å²) >= 11 is 0. The summed E-state index contributed by atoms with van der Waals surface area (Å²) in [4.78, 5) is 0. The van der Waals surface area contributed by atoms with E-state index >= 15 is 0 Å². The second-order valence-electron chi connectivity index (χ2n) is 2.87. The molecule has 0 aromatic carbocycles. The molecular formula is C9H20O5. The first-order valence-electron chi connectivity index (χ1n) is 4.79. The van der Waals surface area contributed by atoms with Gasteiger partial charge in [-0.05, 0) is 6.92 Å². The smallest absolute Gasteiger partial charge is 0.0745 e. The Kier molecular flexibility index (Phi) is 10.7. The molecule has 1 atom stereocenters. The van der Waals surface area contributed by atoms with Gasteiger partial charge in [0, 0.05) is 0 Å². The van der Waals surface area contributed by atoms with Crippen molar-refractivity contribution in [2.24, 2.45) is 0 Å². The van der Waals surface area contributed by atoms with Crippen molar-refractivity contribution in [3.8, 4) is 0 Å². The maximum Gasteiger partial charge on any atom is 0.0745 e. The lowest BCUT2D eigenvalue weighted by Gasteiger charge is -2.07. The highest BCUT2D eigenvalue weighted by atomic mass is 16.5. The standard InChI is InChI=1S/C9H20O5/c1-9(11)8-14-7-6-13-5-4-12-3-2-10/h9-11H,2-8H2,1H3. The normalized spacial score (nSPS) is 13.1. The molecule has 0 aliphatic carbocycles. The van der Waals surface area contributed by atoms with Crippen LogP contribution in [0, 0.1) is 0 Å². The van der Waals surface area contributed by atoms with Crippen molar-refractivity contribution < 1.29 is 24.4 Å². The Morgan fingerprint density at radius 1 is 0.929 bits per heavy atom. The van der Waals surface area contributed by atoms with Gasteiger partial charge in [-0.1, -0.05) is 0 Å². The number of ether oxygens (including phenoxy) is 3. The van der Waals surface area contributed by atoms with Crippen molar-refractivity contribution in [3.05, 3.63) is 0 Å². The van der Waals surface area contributed by atoms with E-state index in [4.69, 9.17) is 24.4 Å². The third kappa shape index (κ3) is 11.8. The number of aliphatic hydroxyl groups excluding tert-OH is 2. The van der Waals surface area contributed by atoms with E-state index in [-0.39, 0.29) is 6.61 Å². The molecule has 0 radical (unpaired) electrons. The molecule has 0 aromatic heterocycles. The van der Waals surface area contributed by atoms with Crippen LogP contribution < -0.4 is 0 Å². The number of rotatable bonds is 10. The van der Waals surface area contributed by atoms with Crippen molar-refractivity contribution in [3.63, 3.8) is 0 Å². The highest BCUT2D eigenvalue weighted by molar-refractivity contribution is 4.41. The maximum atomic E-state index is 8.84. The number of hydrogen-bond donors (Lipinski definition) is 2. The molecule has 2 N–H and O–H groups in total. The molecule has 0 aliphatic rings. The Balaban J connectivity index is 2.85. The zero-order valence-corrected chi connectivity index (χ0v) is 8.65. The van der Waals surface area contributed by atoms with Gasteiger partial charge in [0.2, 0.25) is 0 Å². The van der Waals surface area contributed by atoms with Gasteiger partial charge in [0.25, 0.3) is 0 Å². The van der Waals surface area contributed by atoms with E-state index < -0.39 is 6.10 Å². The van der Waals surface area contributed by atoms with Gasteiger partial charge in [-0.15, -0.1) is 0 Å². The Labute approximate surface area is 84.6 Å². The third-order valence-corrected chi connectivity index (χ3v) is 1.34. The first-order valence-corrected chi connectivity index (χ1v) is 4.79. The van der Waals surface area contributed by atoms with Crippen LogP contribution in [-0.4, -0.2) is 62.6 Å². The van der Waals surface area contributed by atoms with Gasteiger partial charge in [0.1, 0.15) is 0 Å². The van der Waals surface area contributed by atoms with E-state index in [0.717, 1.165) is 0 Å². The molecule has 0 rings (SSSR count). The van der Waals surface area contributed by atoms with Gasteiger partial charge in [0.15, 0.2) is 0 Å². The lowest BCUT2D eigenvalue weighted by molar-refractivity contribution is -0.00922. The minimum atomic E-state index is -0.428. The molecule has 0 spiro atoms. The fourth-order valence-electron chi connectivity index (χ4n) is 0.758. The van der Waals surface area contributed by atoms with Crippen LogP contribution in [0.2, 0.25) is 0 Å². The molecule has 0 bridgehead atoms. The van der Waals surface area contributed by atoms with Crippen LogP contribution in [-0.2, 0) is 14.2 Å². The van der Waals surface area contributed by atoms with Gasteiger partial charge in [-0.25, -0.2) is 0 Å². The molecule has 0 amide bonds. The molecular weight excluding hydrogens is 188 g/mol. The summed E-state index contributed by atoms with van der Waals surface area (Å²) in [5, 5.41) is 17.2. The van der Waals surface area contributed by atoms with Crippen LogP contribution in [0.1, 0.15) is 6.92 Å². The third-order valence-electron chi connectivity index (χ3n) is 1.34. The Hall–Kier alpha value is -0.200. The van der Waals surface area contributed by atoms with Crippen molar-refractivity contribution in [1.29, 1.82) is 0 Å². The van der Waals surface area contributed by atoms with Crippen molar-refractivity contribution in [1.82, 2.24) is 0 Å². The lowest BCUT2D eigenvalue weighted by Crippen LogP contribution is -2.15.